The lowest BCUT2D eigenvalue weighted by Crippen LogP contribution is -2.27. The quantitative estimate of drug-likeness (QED) is 0.378. The number of aliphatic hydroxyl groups excluding tert-OH is 1. The molecule has 0 spiro atoms. The van der Waals surface area contributed by atoms with Crippen molar-refractivity contribution in [3.63, 3.8) is 0 Å². The van der Waals surface area contributed by atoms with Crippen LogP contribution in [0.1, 0.15) is 55.7 Å². The van der Waals surface area contributed by atoms with Crippen LogP contribution in [0, 0.1) is 5.92 Å². The summed E-state index contributed by atoms with van der Waals surface area (Å²) >= 11 is 0. The molecule has 1 aliphatic rings. The number of aromatic nitrogens is 2. The van der Waals surface area contributed by atoms with Gasteiger partial charge in [0.1, 0.15) is 17.6 Å². The molecule has 1 unspecified atom stereocenters. The summed E-state index contributed by atoms with van der Waals surface area (Å²) in [5.41, 5.74) is 2.79. The van der Waals surface area contributed by atoms with Crippen LogP contribution in [0.5, 0.6) is 5.88 Å². The van der Waals surface area contributed by atoms with Crippen LogP contribution in [0.3, 0.4) is 0 Å². The van der Waals surface area contributed by atoms with Crippen LogP contribution < -0.4 is 4.74 Å². The second kappa shape index (κ2) is 11.7. The topological polar surface area (TPSA) is 72.3 Å². The number of ketones is 1. The maximum Gasteiger partial charge on any atom is 0.298 e. The zero-order chi connectivity index (χ0) is 25.5. The highest BCUT2D eigenvalue weighted by atomic mass is 19.3. The molecule has 1 N–H and O–H groups in total. The maximum absolute atomic E-state index is 13.9. The molecule has 1 aliphatic carbocycles. The fraction of sp³-hybridized carbons (Fsp3) is 0.414. The van der Waals surface area contributed by atoms with Crippen LogP contribution >= 0.6 is 0 Å². The van der Waals surface area contributed by atoms with Crippen LogP contribution in [0.4, 0.5) is 8.78 Å². The second-order valence-electron chi connectivity index (χ2n) is 9.61. The molecule has 2 aromatic carbocycles. The Hall–Kier alpha value is -3.19. The molecule has 1 saturated carbocycles. The van der Waals surface area contributed by atoms with E-state index in [1.807, 2.05) is 24.3 Å². The van der Waals surface area contributed by atoms with E-state index in [0.717, 1.165) is 18.1 Å². The highest BCUT2D eigenvalue weighted by Gasteiger charge is 2.37. The Bertz CT molecular complexity index is 1140. The number of aliphatic hydroxyl groups is 1. The van der Waals surface area contributed by atoms with Crippen LogP contribution in [0.15, 0.2) is 60.9 Å². The monoisotopic (exact) mass is 494 g/mol. The van der Waals surface area contributed by atoms with Crippen molar-refractivity contribution in [3.05, 3.63) is 77.6 Å². The molecule has 0 bridgehead atoms. The van der Waals surface area contributed by atoms with Crippen molar-refractivity contribution in [1.82, 2.24) is 9.97 Å². The van der Waals surface area contributed by atoms with Gasteiger partial charge >= 0.3 is 0 Å². The van der Waals surface area contributed by atoms with Gasteiger partial charge in [0.25, 0.3) is 5.92 Å². The summed E-state index contributed by atoms with van der Waals surface area (Å²) in [6.45, 7) is 1.70. The van der Waals surface area contributed by atoms with Gasteiger partial charge in [-0.05, 0) is 36.8 Å². The number of carbonyl (C=O) groups is 1. The van der Waals surface area contributed by atoms with Crippen LogP contribution in [0.2, 0.25) is 0 Å². The first kappa shape index (κ1) is 25.9. The minimum Gasteiger partial charge on any atom is -0.476 e. The fourth-order valence-corrected chi connectivity index (χ4v) is 4.56. The first-order valence-electron chi connectivity index (χ1n) is 12.5. The Kier molecular flexibility index (Phi) is 8.41. The van der Waals surface area contributed by atoms with Crippen molar-refractivity contribution in [1.29, 1.82) is 0 Å². The number of alkyl halides is 2. The molecule has 1 atom stereocenters. The third-order valence-electron chi connectivity index (χ3n) is 6.74. The van der Waals surface area contributed by atoms with Gasteiger partial charge in [-0.1, -0.05) is 67.8 Å². The van der Waals surface area contributed by atoms with Crippen molar-refractivity contribution in [2.24, 2.45) is 5.92 Å². The normalized spacial score (nSPS) is 15.4. The zero-order valence-electron chi connectivity index (χ0n) is 20.5. The summed E-state index contributed by atoms with van der Waals surface area (Å²) in [6.07, 6.45) is 8.06. The van der Waals surface area contributed by atoms with Gasteiger partial charge in [0.2, 0.25) is 5.88 Å². The summed E-state index contributed by atoms with van der Waals surface area (Å²) < 4.78 is 33.9. The molecule has 0 radical (unpaired) electrons. The van der Waals surface area contributed by atoms with Gasteiger partial charge in [0.05, 0.1) is 6.61 Å². The van der Waals surface area contributed by atoms with E-state index in [0.29, 0.717) is 29.7 Å². The fourth-order valence-electron chi connectivity index (χ4n) is 4.56. The third kappa shape index (κ3) is 6.52. The summed E-state index contributed by atoms with van der Waals surface area (Å²) in [7, 11) is 0. The zero-order valence-corrected chi connectivity index (χ0v) is 20.5. The molecule has 4 rings (SSSR count). The van der Waals surface area contributed by atoms with E-state index in [1.165, 1.54) is 56.4 Å². The number of halogens is 2. The van der Waals surface area contributed by atoms with Crippen LogP contribution in [0.25, 0.3) is 11.3 Å². The average molecular weight is 495 g/mol. The number of hydrogen-bond acceptors (Lipinski definition) is 5. The predicted octanol–water partition coefficient (Wildman–Crippen LogP) is 5.93. The molecule has 190 valence electrons. The molecule has 0 aliphatic heterocycles. The summed E-state index contributed by atoms with van der Waals surface area (Å²) in [5, 5.41) is 9.28. The van der Waals surface area contributed by atoms with E-state index >= 15 is 0 Å². The summed E-state index contributed by atoms with van der Waals surface area (Å²) in [6, 6.07) is 13.1. The summed E-state index contributed by atoms with van der Waals surface area (Å²) in [5.74, 6) is -2.26. The van der Waals surface area contributed by atoms with Gasteiger partial charge in [-0.15, -0.1) is 0 Å². The predicted molar refractivity (Wildman–Crippen MR) is 134 cm³/mol. The van der Waals surface area contributed by atoms with E-state index in [9.17, 15) is 18.7 Å². The van der Waals surface area contributed by atoms with E-state index in [2.05, 4.69) is 9.97 Å². The molecule has 1 heterocycles. The molecular weight excluding hydrogens is 462 g/mol. The van der Waals surface area contributed by atoms with Gasteiger partial charge in [0.15, 0.2) is 0 Å². The Balaban J connectivity index is 1.35. The Labute approximate surface area is 210 Å². The lowest BCUT2D eigenvalue weighted by Gasteiger charge is -2.21. The van der Waals surface area contributed by atoms with E-state index < -0.39 is 12.0 Å². The number of Topliss-reactive ketones (excluding diaryl/α,β-unsaturated/α-hetero) is 1. The standard InChI is InChI=1S/C29H32F2N2O3/c1-20(34)29(30,31)25-13-9-22(10-14-25)18-26(35)17-21-7-11-24(12-8-21)27-28(33-16-15-32-27)36-19-23-5-3-2-4-6-23/h7-16,20,23,34H,2-6,17-19H2,1H3. The first-order chi connectivity index (χ1) is 17.3. The average Bonchev–Trinajstić information content (AvgIpc) is 2.89. The number of ether oxygens (including phenoxy) is 1. The highest BCUT2D eigenvalue weighted by molar-refractivity contribution is 5.83. The molecule has 1 fully saturated rings. The van der Waals surface area contributed by atoms with Crippen molar-refractivity contribution in [2.75, 3.05) is 6.61 Å². The Morgan fingerprint density at radius 3 is 2.17 bits per heavy atom. The second-order valence-corrected chi connectivity index (χ2v) is 9.61. The number of carbonyl (C=O) groups excluding carboxylic acids is 1. The Morgan fingerprint density at radius 1 is 0.972 bits per heavy atom. The van der Waals surface area contributed by atoms with Gasteiger partial charge in [0, 0.05) is 36.4 Å². The first-order valence-corrected chi connectivity index (χ1v) is 12.5. The molecule has 1 aromatic heterocycles. The van der Waals surface area contributed by atoms with E-state index in [-0.39, 0.29) is 24.2 Å². The van der Waals surface area contributed by atoms with Gasteiger partial charge in [-0.3, -0.25) is 4.79 Å². The Morgan fingerprint density at radius 2 is 1.56 bits per heavy atom. The lowest BCUT2D eigenvalue weighted by molar-refractivity contribution is -0.117. The molecule has 36 heavy (non-hydrogen) atoms. The molecule has 3 aromatic rings. The van der Waals surface area contributed by atoms with Gasteiger partial charge < -0.3 is 9.84 Å². The SMILES string of the molecule is CC(O)C(F)(F)c1ccc(CC(=O)Cc2ccc(-c3nccnc3OCC3CCCCC3)cc2)cc1. The van der Waals surface area contributed by atoms with Gasteiger partial charge in [-0.2, -0.15) is 8.78 Å². The smallest absolute Gasteiger partial charge is 0.298 e. The largest absolute Gasteiger partial charge is 0.476 e. The molecular formula is C29H32F2N2O3. The number of benzene rings is 2. The molecule has 0 saturated heterocycles. The van der Waals surface area contributed by atoms with Crippen molar-refractivity contribution in [3.8, 4) is 17.1 Å². The minimum atomic E-state index is -3.33. The van der Waals surface area contributed by atoms with Crippen molar-refractivity contribution >= 4 is 5.78 Å². The lowest BCUT2D eigenvalue weighted by atomic mass is 9.90. The van der Waals surface area contributed by atoms with Crippen LogP contribution in [-0.2, 0) is 23.6 Å². The highest BCUT2D eigenvalue weighted by Crippen LogP contribution is 2.32. The van der Waals surface area contributed by atoms with E-state index in [4.69, 9.17) is 4.74 Å². The van der Waals surface area contributed by atoms with Crippen molar-refractivity contribution < 1.29 is 23.4 Å². The molecule has 5 nitrogen and oxygen atoms in total. The van der Waals surface area contributed by atoms with E-state index in [1.54, 1.807) is 12.4 Å². The number of hydrogen-bond donors (Lipinski definition) is 1. The number of nitrogens with zero attached hydrogens (tertiary/aromatic N) is 2. The summed E-state index contributed by atoms with van der Waals surface area (Å²) in [4.78, 5) is 21.4. The van der Waals surface area contributed by atoms with Crippen LogP contribution in [-0.4, -0.2) is 33.6 Å². The number of rotatable bonds is 10. The third-order valence-corrected chi connectivity index (χ3v) is 6.74. The van der Waals surface area contributed by atoms with Crippen molar-refractivity contribution in [2.45, 2.75) is 63.9 Å². The maximum atomic E-state index is 13.9. The minimum absolute atomic E-state index is 0.0196. The molecule has 0 amide bonds. The molecule has 7 heteroatoms. The van der Waals surface area contributed by atoms with Gasteiger partial charge in [-0.25, -0.2) is 9.97 Å².